The molecule has 0 saturated carbocycles. The highest BCUT2D eigenvalue weighted by atomic mass is 16.5. The van der Waals surface area contributed by atoms with E-state index in [1.54, 1.807) is 6.07 Å². The molecule has 1 heterocycles. The molecule has 0 unspecified atom stereocenters. The van der Waals surface area contributed by atoms with E-state index in [1.807, 2.05) is 13.0 Å². The van der Waals surface area contributed by atoms with Gasteiger partial charge in [0.25, 0.3) is 0 Å². The lowest BCUT2D eigenvalue weighted by Crippen LogP contribution is -2.04. The highest BCUT2D eigenvalue weighted by molar-refractivity contribution is 5.97. The predicted molar refractivity (Wildman–Crippen MR) is 118 cm³/mol. The molecule has 0 saturated heterocycles. The first-order valence-corrected chi connectivity index (χ1v) is 9.73. The summed E-state index contributed by atoms with van der Waals surface area (Å²) in [6, 6.07) is 3.91. The highest BCUT2D eigenvalue weighted by Crippen LogP contribution is 2.40. The maximum absolute atomic E-state index is 13.0. The number of phenols is 3. The Morgan fingerprint density at radius 2 is 1.83 bits per heavy atom. The van der Waals surface area contributed by atoms with Crippen molar-refractivity contribution in [3.63, 3.8) is 0 Å². The maximum atomic E-state index is 13.0. The standard InChI is InChI=1S/C24H26O6/c1-13(2)6-5-7-14(3)8-9-15-10-17-21(27)20-18(26)11-16(25)12-19(20)30-24(17)22(28)23(15)29-4/h6,8,10-12,25-26,28H,5,7,9H2,1-4H3/b14-8+. The molecule has 1 aromatic heterocycles. The normalized spacial score (nSPS) is 11.8. The Labute approximate surface area is 174 Å². The fourth-order valence-electron chi connectivity index (χ4n) is 3.45. The number of phenolic OH excluding ortho intramolecular Hbond substituents is 3. The van der Waals surface area contributed by atoms with Crippen molar-refractivity contribution in [2.24, 2.45) is 0 Å². The highest BCUT2D eigenvalue weighted by Gasteiger charge is 2.20. The van der Waals surface area contributed by atoms with Crippen LogP contribution < -0.4 is 10.2 Å². The molecule has 0 amide bonds. The lowest BCUT2D eigenvalue weighted by atomic mass is 10.0. The van der Waals surface area contributed by atoms with Gasteiger partial charge in [0, 0.05) is 17.7 Å². The number of fused-ring (bicyclic) bond motifs is 2. The molecule has 6 nitrogen and oxygen atoms in total. The first-order chi connectivity index (χ1) is 14.2. The van der Waals surface area contributed by atoms with Gasteiger partial charge in [-0.1, -0.05) is 23.3 Å². The monoisotopic (exact) mass is 410 g/mol. The molecule has 158 valence electrons. The number of benzene rings is 2. The summed E-state index contributed by atoms with van der Waals surface area (Å²) in [4.78, 5) is 13.0. The summed E-state index contributed by atoms with van der Waals surface area (Å²) >= 11 is 0. The number of ether oxygens (including phenoxy) is 1. The largest absolute Gasteiger partial charge is 0.508 e. The van der Waals surface area contributed by atoms with Gasteiger partial charge < -0.3 is 24.5 Å². The van der Waals surface area contributed by atoms with Crippen LogP contribution in [0.4, 0.5) is 0 Å². The average molecular weight is 410 g/mol. The van der Waals surface area contributed by atoms with Crippen LogP contribution in [0.1, 0.15) is 39.2 Å². The van der Waals surface area contributed by atoms with Crippen molar-refractivity contribution in [3.8, 4) is 23.0 Å². The van der Waals surface area contributed by atoms with Crippen LogP contribution in [0.5, 0.6) is 23.0 Å². The minimum absolute atomic E-state index is 0.0230. The fraction of sp³-hybridized carbons (Fsp3) is 0.292. The van der Waals surface area contributed by atoms with Gasteiger partial charge in [0.2, 0.25) is 11.2 Å². The molecule has 0 fully saturated rings. The van der Waals surface area contributed by atoms with Gasteiger partial charge in [-0.05, 0) is 46.1 Å². The molecule has 3 N–H and O–H groups in total. The number of allylic oxidation sites excluding steroid dienone is 4. The van der Waals surface area contributed by atoms with Crippen molar-refractivity contribution >= 4 is 21.9 Å². The average Bonchev–Trinajstić information content (AvgIpc) is 2.66. The third-order valence-corrected chi connectivity index (χ3v) is 5.00. The summed E-state index contributed by atoms with van der Waals surface area (Å²) in [6.07, 6.45) is 6.55. The minimum Gasteiger partial charge on any atom is -0.508 e. The van der Waals surface area contributed by atoms with Crippen LogP contribution in [-0.4, -0.2) is 22.4 Å². The Morgan fingerprint density at radius 1 is 1.10 bits per heavy atom. The quantitative estimate of drug-likeness (QED) is 0.376. The van der Waals surface area contributed by atoms with E-state index in [1.165, 1.54) is 24.3 Å². The number of hydrogen-bond donors (Lipinski definition) is 3. The van der Waals surface area contributed by atoms with Gasteiger partial charge in [0.1, 0.15) is 22.5 Å². The van der Waals surface area contributed by atoms with Crippen LogP contribution in [0.15, 0.2) is 50.7 Å². The van der Waals surface area contributed by atoms with E-state index in [-0.39, 0.29) is 44.9 Å². The number of aromatic hydroxyl groups is 3. The van der Waals surface area contributed by atoms with E-state index in [2.05, 4.69) is 19.9 Å². The van der Waals surface area contributed by atoms with Crippen molar-refractivity contribution in [3.05, 3.63) is 57.3 Å². The van der Waals surface area contributed by atoms with Crippen molar-refractivity contribution in [2.45, 2.75) is 40.0 Å². The lowest BCUT2D eigenvalue weighted by Gasteiger charge is -2.12. The topological polar surface area (TPSA) is 100 Å². The molecule has 3 rings (SSSR count). The Morgan fingerprint density at radius 3 is 2.50 bits per heavy atom. The number of rotatable bonds is 6. The van der Waals surface area contributed by atoms with Gasteiger partial charge in [-0.15, -0.1) is 0 Å². The Hall–Kier alpha value is -3.41. The van der Waals surface area contributed by atoms with E-state index >= 15 is 0 Å². The summed E-state index contributed by atoms with van der Waals surface area (Å²) < 4.78 is 11.0. The predicted octanol–water partition coefficient (Wildman–Crippen LogP) is 5.31. The van der Waals surface area contributed by atoms with Gasteiger partial charge in [-0.25, -0.2) is 0 Å². The molecule has 0 radical (unpaired) electrons. The number of methoxy groups -OCH3 is 1. The van der Waals surface area contributed by atoms with Crippen LogP contribution in [-0.2, 0) is 6.42 Å². The van der Waals surface area contributed by atoms with E-state index in [0.29, 0.717) is 12.0 Å². The molecule has 0 aliphatic rings. The second kappa shape index (κ2) is 8.53. The van der Waals surface area contributed by atoms with Crippen molar-refractivity contribution < 1.29 is 24.5 Å². The van der Waals surface area contributed by atoms with E-state index < -0.39 is 5.43 Å². The third-order valence-electron chi connectivity index (χ3n) is 5.00. The molecule has 2 aromatic carbocycles. The molecular weight excluding hydrogens is 384 g/mol. The number of hydrogen-bond acceptors (Lipinski definition) is 6. The zero-order valence-electron chi connectivity index (χ0n) is 17.6. The van der Waals surface area contributed by atoms with Gasteiger partial charge in [0.05, 0.1) is 12.5 Å². The van der Waals surface area contributed by atoms with E-state index in [9.17, 15) is 20.1 Å². The van der Waals surface area contributed by atoms with Gasteiger partial charge in [0.15, 0.2) is 11.3 Å². The summed E-state index contributed by atoms with van der Waals surface area (Å²) in [7, 11) is 1.44. The molecule has 30 heavy (non-hydrogen) atoms. The molecule has 0 atom stereocenters. The Balaban J connectivity index is 2.12. The van der Waals surface area contributed by atoms with E-state index in [4.69, 9.17) is 9.15 Å². The molecule has 3 aromatic rings. The Bertz CT molecular complexity index is 1230. The minimum atomic E-state index is -0.493. The summed E-state index contributed by atoms with van der Waals surface area (Å²) in [6.45, 7) is 6.17. The second-order valence-corrected chi connectivity index (χ2v) is 7.64. The van der Waals surface area contributed by atoms with Crippen LogP contribution in [0, 0.1) is 0 Å². The maximum Gasteiger partial charge on any atom is 0.204 e. The van der Waals surface area contributed by atoms with Gasteiger partial charge >= 0.3 is 0 Å². The molecular formula is C24H26O6. The van der Waals surface area contributed by atoms with Crippen LogP contribution in [0.2, 0.25) is 0 Å². The van der Waals surface area contributed by atoms with Gasteiger partial charge in [-0.3, -0.25) is 4.79 Å². The van der Waals surface area contributed by atoms with Crippen molar-refractivity contribution in [2.75, 3.05) is 7.11 Å². The third kappa shape index (κ3) is 4.13. The first-order valence-electron chi connectivity index (χ1n) is 9.73. The second-order valence-electron chi connectivity index (χ2n) is 7.64. The zero-order chi connectivity index (χ0) is 22.0. The SMILES string of the molecule is COc1c(C/C=C(\C)CCC=C(C)C)cc2c(=O)c3c(O)cc(O)cc3oc2c1O. The summed E-state index contributed by atoms with van der Waals surface area (Å²) in [5.74, 6) is -0.697. The smallest absolute Gasteiger partial charge is 0.204 e. The molecule has 0 aliphatic carbocycles. The molecule has 0 aliphatic heterocycles. The zero-order valence-corrected chi connectivity index (χ0v) is 17.6. The van der Waals surface area contributed by atoms with Gasteiger partial charge in [-0.2, -0.15) is 0 Å². The van der Waals surface area contributed by atoms with Crippen molar-refractivity contribution in [1.29, 1.82) is 0 Å². The molecule has 6 heteroatoms. The van der Waals surface area contributed by atoms with Crippen LogP contribution in [0.25, 0.3) is 21.9 Å². The fourth-order valence-corrected chi connectivity index (χ4v) is 3.45. The summed E-state index contributed by atoms with van der Waals surface area (Å²) in [5.41, 5.74) is 2.53. The lowest BCUT2D eigenvalue weighted by molar-refractivity contribution is 0.369. The van der Waals surface area contributed by atoms with Crippen molar-refractivity contribution in [1.82, 2.24) is 0 Å². The molecule has 0 spiro atoms. The Kier molecular flexibility index (Phi) is 6.06. The first kappa shape index (κ1) is 21.3. The van der Waals surface area contributed by atoms with Crippen LogP contribution >= 0.6 is 0 Å². The van der Waals surface area contributed by atoms with E-state index in [0.717, 1.165) is 18.9 Å². The van der Waals surface area contributed by atoms with Crippen LogP contribution in [0.3, 0.4) is 0 Å². The molecule has 0 bridgehead atoms. The summed E-state index contributed by atoms with van der Waals surface area (Å²) in [5, 5.41) is 30.6.